The minimum absolute atomic E-state index is 0.229. The molecule has 4 aromatic heterocycles. The smallest absolute Gasteiger partial charge is 0.269 e. The summed E-state index contributed by atoms with van der Waals surface area (Å²) in [6.07, 6.45) is 7.05. The van der Waals surface area contributed by atoms with Crippen molar-refractivity contribution in [2.75, 3.05) is 26.6 Å². The number of phenolic OH excluding ortho intramolecular Hbond substituents is 1. The summed E-state index contributed by atoms with van der Waals surface area (Å²) >= 11 is 12.2. The van der Waals surface area contributed by atoms with Gasteiger partial charge in [0.25, 0.3) is 11.8 Å². The van der Waals surface area contributed by atoms with Crippen LogP contribution in [0.15, 0.2) is 81.7 Å². The van der Waals surface area contributed by atoms with Crippen LogP contribution in [0.3, 0.4) is 0 Å². The van der Waals surface area contributed by atoms with Crippen molar-refractivity contribution in [3.63, 3.8) is 0 Å². The predicted octanol–water partition coefficient (Wildman–Crippen LogP) is 7.38. The lowest BCUT2D eigenvalue weighted by Crippen LogP contribution is -2.18. The van der Waals surface area contributed by atoms with E-state index in [0.717, 1.165) is 29.1 Å². The van der Waals surface area contributed by atoms with Gasteiger partial charge >= 0.3 is 0 Å². The highest BCUT2D eigenvalue weighted by molar-refractivity contribution is 8.00. The molecule has 10 nitrogen and oxygen atoms in total. The maximum absolute atomic E-state index is 11.6. The molecule has 0 fully saturated rings. The van der Waals surface area contributed by atoms with E-state index in [4.69, 9.17) is 16.3 Å². The van der Waals surface area contributed by atoms with E-state index in [9.17, 15) is 14.7 Å². The van der Waals surface area contributed by atoms with Crippen molar-refractivity contribution in [1.29, 1.82) is 0 Å². The van der Waals surface area contributed by atoms with Crippen molar-refractivity contribution in [3.05, 3.63) is 89.5 Å². The number of nitrogens with zero attached hydrogens (tertiary/aromatic N) is 4. The van der Waals surface area contributed by atoms with Crippen LogP contribution in [-0.4, -0.2) is 63.5 Å². The monoisotopic (exact) mass is 698 g/mol. The van der Waals surface area contributed by atoms with E-state index in [2.05, 4.69) is 30.6 Å². The molecule has 0 atom stereocenters. The summed E-state index contributed by atoms with van der Waals surface area (Å²) in [4.78, 5) is 39.2. The number of ether oxygens (including phenoxy) is 1. The maximum atomic E-state index is 11.6. The molecule has 0 saturated carbocycles. The van der Waals surface area contributed by atoms with E-state index in [-0.39, 0.29) is 17.6 Å². The molecule has 3 N–H and O–H groups in total. The van der Waals surface area contributed by atoms with Crippen LogP contribution >= 0.6 is 57.8 Å². The van der Waals surface area contributed by atoms with Crippen LogP contribution in [0.4, 0.5) is 0 Å². The number of rotatable bonds is 6. The Morgan fingerprint density at radius 3 is 1.87 bits per heavy atom. The molecule has 45 heavy (non-hydrogen) atoms. The average molecular weight is 699 g/mol. The van der Waals surface area contributed by atoms with Crippen molar-refractivity contribution in [2.45, 2.75) is 8.68 Å². The molecule has 0 bridgehead atoms. The van der Waals surface area contributed by atoms with E-state index < -0.39 is 0 Å². The van der Waals surface area contributed by atoms with Crippen molar-refractivity contribution >= 4 is 90.0 Å². The molecule has 0 aliphatic heterocycles. The summed E-state index contributed by atoms with van der Waals surface area (Å²) in [6, 6.07) is 17.5. The van der Waals surface area contributed by atoms with Gasteiger partial charge in [-0.2, -0.15) is 0 Å². The Kier molecular flexibility index (Phi) is 12.4. The third-order valence-electron chi connectivity index (χ3n) is 5.65. The Morgan fingerprint density at radius 1 is 0.756 bits per heavy atom. The molecule has 0 radical (unpaired) electrons. The molecule has 0 spiro atoms. The van der Waals surface area contributed by atoms with Crippen LogP contribution < -0.4 is 15.4 Å². The number of phenols is 1. The molecule has 0 saturated heterocycles. The summed E-state index contributed by atoms with van der Waals surface area (Å²) in [5, 5.41) is 14.7. The van der Waals surface area contributed by atoms with Gasteiger partial charge in [-0.05, 0) is 55.0 Å². The number of pyridine rings is 2. The fourth-order valence-corrected chi connectivity index (χ4v) is 6.64. The highest BCUT2D eigenvalue weighted by atomic mass is 35.5. The summed E-state index contributed by atoms with van der Waals surface area (Å²) < 4.78 is 10.1. The van der Waals surface area contributed by atoms with Crippen molar-refractivity contribution in [1.82, 2.24) is 30.6 Å². The van der Waals surface area contributed by atoms with E-state index in [1.165, 1.54) is 12.3 Å². The largest absolute Gasteiger partial charge is 0.508 e. The molecule has 6 aromatic rings. The molecular weight excluding hydrogens is 672 g/mol. The van der Waals surface area contributed by atoms with E-state index in [1.807, 2.05) is 36.8 Å². The van der Waals surface area contributed by atoms with Gasteiger partial charge in [0.1, 0.15) is 28.6 Å². The Morgan fingerprint density at radius 2 is 1.29 bits per heavy atom. The molecule has 0 unspecified atom stereocenters. The topological polar surface area (TPSA) is 139 Å². The lowest BCUT2D eigenvalue weighted by Gasteiger charge is -2.06. The van der Waals surface area contributed by atoms with Gasteiger partial charge in [0.2, 0.25) is 0 Å². The number of aromatic hydroxyl groups is 1. The second-order valence-corrected chi connectivity index (χ2v) is 13.3. The second kappa shape index (κ2) is 16.4. The normalized spacial score (nSPS) is 10.3. The Balaban J connectivity index is 0.000000169. The molecule has 0 aliphatic rings. The lowest BCUT2D eigenvalue weighted by molar-refractivity contribution is 0.0950. The minimum atomic E-state index is -0.245. The number of fused-ring (bicyclic) bond motifs is 2. The fourth-order valence-electron chi connectivity index (χ4n) is 3.54. The number of nitrogens with one attached hydrogen (secondary N) is 2. The zero-order valence-corrected chi connectivity index (χ0v) is 28.4. The van der Waals surface area contributed by atoms with Gasteiger partial charge in [0.15, 0.2) is 8.68 Å². The van der Waals surface area contributed by atoms with Crippen molar-refractivity contribution in [2.24, 2.45) is 0 Å². The van der Waals surface area contributed by atoms with E-state index in [1.54, 1.807) is 96.8 Å². The average Bonchev–Trinajstić information content (AvgIpc) is 3.67. The highest BCUT2D eigenvalue weighted by Crippen LogP contribution is 2.32. The first-order chi connectivity index (χ1) is 21.7. The Labute approximate surface area is 280 Å². The Hall–Kier alpha value is -3.95. The van der Waals surface area contributed by atoms with Crippen LogP contribution in [-0.2, 0) is 0 Å². The SMILES string of the molecule is CNC(=O)c1cc(Cl)ccn1.CNC(=O)c1cc(Oc2ccc3sc(SC)nc3c2)ccn1.CSc1nc2cc(O)ccc2s1. The number of aromatic nitrogens is 4. The molecule has 4 heterocycles. The minimum Gasteiger partial charge on any atom is -0.508 e. The van der Waals surface area contributed by atoms with E-state index in [0.29, 0.717) is 27.9 Å². The van der Waals surface area contributed by atoms with Gasteiger partial charge in [-0.3, -0.25) is 19.6 Å². The zero-order chi connectivity index (χ0) is 32.3. The number of hydrogen-bond donors (Lipinski definition) is 3. The second-order valence-electron chi connectivity index (χ2n) is 8.65. The van der Waals surface area contributed by atoms with Crippen LogP contribution in [0.2, 0.25) is 5.02 Å². The molecule has 0 aliphatic carbocycles. The molecule has 6 rings (SSSR count). The highest BCUT2D eigenvalue weighted by Gasteiger charge is 2.09. The summed E-state index contributed by atoms with van der Waals surface area (Å²) in [6.45, 7) is 0. The quantitative estimate of drug-likeness (QED) is 0.151. The number of thiazole rings is 2. The van der Waals surface area contributed by atoms with Gasteiger partial charge in [-0.1, -0.05) is 35.1 Å². The first-order valence-electron chi connectivity index (χ1n) is 13.0. The number of halogens is 1. The van der Waals surface area contributed by atoms with Gasteiger partial charge < -0.3 is 20.5 Å². The number of benzene rings is 2. The fraction of sp³-hybridized carbons (Fsp3) is 0.133. The first kappa shape index (κ1) is 33.9. The van der Waals surface area contributed by atoms with Crippen molar-refractivity contribution in [3.8, 4) is 17.2 Å². The van der Waals surface area contributed by atoms with Gasteiger partial charge in [-0.15, -0.1) is 22.7 Å². The number of amides is 2. The predicted molar refractivity (Wildman–Crippen MR) is 185 cm³/mol. The molecule has 15 heteroatoms. The molecular formula is C30H27ClN6O4S4. The van der Waals surface area contributed by atoms with E-state index >= 15 is 0 Å². The maximum Gasteiger partial charge on any atom is 0.269 e. The third kappa shape index (κ3) is 9.52. The number of carbonyl (C=O) groups is 2. The van der Waals surface area contributed by atoms with Gasteiger partial charge in [0, 0.05) is 49.7 Å². The van der Waals surface area contributed by atoms with Crippen LogP contribution in [0.5, 0.6) is 17.2 Å². The van der Waals surface area contributed by atoms with Crippen LogP contribution in [0.25, 0.3) is 20.4 Å². The Bertz CT molecular complexity index is 1930. The van der Waals surface area contributed by atoms with Crippen molar-refractivity contribution < 1.29 is 19.4 Å². The van der Waals surface area contributed by atoms with Crippen LogP contribution in [0.1, 0.15) is 21.0 Å². The van der Waals surface area contributed by atoms with Gasteiger partial charge in [0.05, 0.1) is 20.4 Å². The molecule has 2 aromatic carbocycles. The molecule has 232 valence electrons. The number of carbonyl (C=O) groups excluding carboxylic acids is 2. The summed E-state index contributed by atoms with van der Waals surface area (Å²) in [5.74, 6) is 1.05. The molecule has 2 amide bonds. The standard InChI is InChI=1S/C15H13N3O2S2.C8H7NOS2.C7H7ClN2O/c1-16-14(19)12-8-10(5-6-17-12)20-9-3-4-13-11(7-9)18-15(21-2)22-13;1-11-8-9-6-4-5(10)2-3-7(6)12-8;1-9-7(11)6-4-5(8)2-3-10-6/h3-8H,1-2H3,(H,16,19);2-4,10H,1H3;2-4H,1H3,(H,9,11). The summed E-state index contributed by atoms with van der Waals surface area (Å²) in [5.41, 5.74) is 2.44. The van der Waals surface area contributed by atoms with Crippen LogP contribution in [0, 0.1) is 0 Å². The zero-order valence-electron chi connectivity index (χ0n) is 24.4. The van der Waals surface area contributed by atoms with Gasteiger partial charge in [-0.25, -0.2) is 9.97 Å². The number of hydrogen-bond acceptors (Lipinski definition) is 12. The first-order valence-corrected chi connectivity index (χ1v) is 17.5. The third-order valence-corrected chi connectivity index (χ3v) is 9.93. The number of thioether (sulfide) groups is 2. The lowest BCUT2D eigenvalue weighted by atomic mass is 10.3. The summed E-state index contributed by atoms with van der Waals surface area (Å²) in [7, 11) is 3.11.